The Bertz CT molecular complexity index is 428. The molecule has 1 N–H and O–H groups in total. The lowest BCUT2D eigenvalue weighted by atomic mass is 10.2. The summed E-state index contributed by atoms with van der Waals surface area (Å²) < 4.78 is 0.866. The fourth-order valence-electron chi connectivity index (χ4n) is 1.12. The van der Waals surface area contributed by atoms with Crippen molar-refractivity contribution in [3.63, 3.8) is 0 Å². The summed E-state index contributed by atoms with van der Waals surface area (Å²) in [5.74, 6) is 0.230. The number of rotatable bonds is 0. The second kappa shape index (κ2) is 2.75. The quantitative estimate of drug-likeness (QED) is 0.746. The number of phenols is 1. The molecule has 1 aromatic heterocycles. The molecule has 0 atom stereocenters. The van der Waals surface area contributed by atoms with Gasteiger partial charge in [-0.3, -0.25) is 4.98 Å². The van der Waals surface area contributed by atoms with Crippen LogP contribution in [0.15, 0.2) is 34.9 Å². The molecule has 0 saturated heterocycles. The van der Waals surface area contributed by atoms with E-state index in [4.69, 9.17) is 0 Å². The van der Waals surface area contributed by atoms with Gasteiger partial charge in [-0.15, -0.1) is 0 Å². The van der Waals surface area contributed by atoms with E-state index in [-0.39, 0.29) is 5.75 Å². The number of benzene rings is 1. The van der Waals surface area contributed by atoms with Crippen LogP contribution in [-0.2, 0) is 0 Å². The Morgan fingerprint density at radius 2 is 2.17 bits per heavy atom. The van der Waals surface area contributed by atoms with Crippen LogP contribution in [0, 0.1) is 0 Å². The van der Waals surface area contributed by atoms with Crippen LogP contribution < -0.4 is 0 Å². The second-order valence-electron chi connectivity index (χ2n) is 2.50. The fraction of sp³-hybridized carbons (Fsp3) is 0. The molecule has 2 nitrogen and oxygen atoms in total. The summed E-state index contributed by atoms with van der Waals surface area (Å²) in [6.45, 7) is 0. The third-order valence-corrected chi connectivity index (χ3v) is 2.31. The maximum Gasteiger partial charge on any atom is 0.118 e. The van der Waals surface area contributed by atoms with Gasteiger partial charge in [-0.1, -0.05) is 6.07 Å². The number of aromatic hydroxyl groups is 1. The highest BCUT2D eigenvalue weighted by molar-refractivity contribution is 9.10. The first-order chi connectivity index (χ1) is 5.77. The van der Waals surface area contributed by atoms with Gasteiger partial charge in [-0.05, 0) is 28.1 Å². The van der Waals surface area contributed by atoms with E-state index >= 15 is 0 Å². The van der Waals surface area contributed by atoms with Crippen molar-refractivity contribution in [2.45, 2.75) is 0 Å². The van der Waals surface area contributed by atoms with Gasteiger partial charge in [0.25, 0.3) is 0 Å². The third kappa shape index (κ3) is 1.16. The highest BCUT2D eigenvalue weighted by Crippen LogP contribution is 2.26. The minimum Gasteiger partial charge on any atom is -0.508 e. The van der Waals surface area contributed by atoms with Crippen molar-refractivity contribution in [1.29, 1.82) is 0 Å². The lowest BCUT2D eigenvalue weighted by molar-refractivity contribution is 0.475. The molecule has 0 aliphatic heterocycles. The zero-order chi connectivity index (χ0) is 8.55. The fourth-order valence-corrected chi connectivity index (χ4v) is 1.69. The van der Waals surface area contributed by atoms with Crippen LogP contribution in [0.1, 0.15) is 0 Å². The van der Waals surface area contributed by atoms with Crippen molar-refractivity contribution in [2.75, 3.05) is 0 Å². The molecule has 60 valence electrons. The van der Waals surface area contributed by atoms with Crippen molar-refractivity contribution in [3.8, 4) is 5.75 Å². The van der Waals surface area contributed by atoms with Crippen LogP contribution in [-0.4, -0.2) is 10.1 Å². The third-order valence-electron chi connectivity index (χ3n) is 1.66. The molecule has 0 amide bonds. The van der Waals surface area contributed by atoms with E-state index in [1.165, 1.54) is 0 Å². The molecule has 2 aromatic rings. The molecular weight excluding hydrogens is 218 g/mol. The van der Waals surface area contributed by atoms with Crippen LogP contribution in [0.2, 0.25) is 0 Å². The highest BCUT2D eigenvalue weighted by Gasteiger charge is 2.00. The minimum absolute atomic E-state index is 0.230. The van der Waals surface area contributed by atoms with Crippen LogP contribution in [0.4, 0.5) is 0 Å². The molecular formula is C9H6BrNO. The molecule has 0 bridgehead atoms. The predicted octanol–water partition coefficient (Wildman–Crippen LogP) is 2.70. The second-order valence-corrected chi connectivity index (χ2v) is 3.35. The molecule has 12 heavy (non-hydrogen) atoms. The van der Waals surface area contributed by atoms with Crippen LogP contribution in [0.25, 0.3) is 10.9 Å². The van der Waals surface area contributed by atoms with E-state index in [0.29, 0.717) is 0 Å². The van der Waals surface area contributed by atoms with Gasteiger partial charge < -0.3 is 5.11 Å². The molecule has 1 heterocycles. The Morgan fingerprint density at radius 3 is 3.00 bits per heavy atom. The largest absolute Gasteiger partial charge is 0.508 e. The van der Waals surface area contributed by atoms with E-state index in [2.05, 4.69) is 20.9 Å². The zero-order valence-corrected chi connectivity index (χ0v) is 7.75. The first-order valence-electron chi connectivity index (χ1n) is 3.50. The summed E-state index contributed by atoms with van der Waals surface area (Å²) >= 11 is 3.35. The topological polar surface area (TPSA) is 33.1 Å². The maximum absolute atomic E-state index is 9.24. The van der Waals surface area contributed by atoms with Gasteiger partial charge in [0, 0.05) is 22.1 Å². The summed E-state index contributed by atoms with van der Waals surface area (Å²) in [7, 11) is 0. The number of pyridine rings is 1. The standard InChI is InChI=1S/C9H6BrNO/c10-8-4-6(12)5-9-7(8)2-1-3-11-9/h1-5,12H. The zero-order valence-electron chi connectivity index (χ0n) is 6.16. The van der Waals surface area contributed by atoms with E-state index in [0.717, 1.165) is 15.4 Å². The smallest absolute Gasteiger partial charge is 0.118 e. The minimum atomic E-state index is 0.230. The molecule has 0 unspecified atom stereocenters. The molecule has 0 aliphatic rings. The Morgan fingerprint density at radius 1 is 1.33 bits per heavy atom. The summed E-state index contributed by atoms with van der Waals surface area (Å²) in [6, 6.07) is 7.11. The average molecular weight is 224 g/mol. The predicted molar refractivity (Wildman–Crippen MR) is 51.1 cm³/mol. The van der Waals surface area contributed by atoms with E-state index in [1.807, 2.05) is 12.1 Å². The Labute approximate surface area is 78.0 Å². The first-order valence-corrected chi connectivity index (χ1v) is 4.30. The summed E-state index contributed by atoms with van der Waals surface area (Å²) in [5, 5.41) is 10.3. The van der Waals surface area contributed by atoms with E-state index in [1.54, 1.807) is 18.3 Å². The van der Waals surface area contributed by atoms with Crippen molar-refractivity contribution < 1.29 is 5.11 Å². The normalized spacial score (nSPS) is 10.4. The number of nitrogens with zero attached hydrogens (tertiary/aromatic N) is 1. The van der Waals surface area contributed by atoms with Gasteiger partial charge in [0.15, 0.2) is 0 Å². The highest BCUT2D eigenvalue weighted by atomic mass is 79.9. The van der Waals surface area contributed by atoms with Crippen LogP contribution in [0.5, 0.6) is 5.75 Å². The SMILES string of the molecule is Oc1cc(Br)c2cccnc2c1. The molecule has 1 aromatic carbocycles. The van der Waals surface area contributed by atoms with E-state index < -0.39 is 0 Å². The lowest BCUT2D eigenvalue weighted by Gasteiger charge is -1.99. The molecule has 0 aliphatic carbocycles. The number of phenolic OH excluding ortho intramolecular Hbond substituents is 1. The molecule has 2 rings (SSSR count). The Hall–Kier alpha value is -1.09. The molecule has 0 saturated carbocycles. The van der Waals surface area contributed by atoms with Crippen molar-refractivity contribution in [1.82, 2.24) is 4.98 Å². The maximum atomic E-state index is 9.24. The van der Waals surface area contributed by atoms with Crippen molar-refractivity contribution >= 4 is 26.8 Å². The van der Waals surface area contributed by atoms with E-state index in [9.17, 15) is 5.11 Å². The molecule has 0 spiro atoms. The van der Waals surface area contributed by atoms with Gasteiger partial charge in [-0.25, -0.2) is 0 Å². The van der Waals surface area contributed by atoms with Gasteiger partial charge in [-0.2, -0.15) is 0 Å². The van der Waals surface area contributed by atoms with Crippen LogP contribution >= 0.6 is 15.9 Å². The Balaban J connectivity index is 2.89. The summed E-state index contributed by atoms with van der Waals surface area (Å²) in [6.07, 6.45) is 1.70. The Kier molecular flexibility index (Phi) is 1.73. The van der Waals surface area contributed by atoms with Gasteiger partial charge >= 0.3 is 0 Å². The molecule has 0 radical (unpaired) electrons. The van der Waals surface area contributed by atoms with Gasteiger partial charge in [0.05, 0.1) is 5.52 Å². The number of hydrogen-bond acceptors (Lipinski definition) is 2. The van der Waals surface area contributed by atoms with Crippen molar-refractivity contribution in [3.05, 3.63) is 34.9 Å². The number of halogens is 1. The first kappa shape index (κ1) is 7.55. The van der Waals surface area contributed by atoms with Gasteiger partial charge in [0.2, 0.25) is 0 Å². The lowest BCUT2D eigenvalue weighted by Crippen LogP contribution is -1.78. The summed E-state index contributed by atoms with van der Waals surface area (Å²) in [5.41, 5.74) is 0.796. The van der Waals surface area contributed by atoms with Crippen molar-refractivity contribution in [2.24, 2.45) is 0 Å². The molecule has 0 fully saturated rings. The number of hydrogen-bond donors (Lipinski definition) is 1. The van der Waals surface area contributed by atoms with Gasteiger partial charge in [0.1, 0.15) is 5.75 Å². The number of aromatic nitrogens is 1. The average Bonchev–Trinajstić information content (AvgIpc) is 2.04. The van der Waals surface area contributed by atoms with Crippen LogP contribution in [0.3, 0.4) is 0 Å². The molecule has 3 heteroatoms. The monoisotopic (exact) mass is 223 g/mol. The number of fused-ring (bicyclic) bond motifs is 1. The summed E-state index contributed by atoms with van der Waals surface area (Å²) in [4.78, 5) is 4.11.